The summed E-state index contributed by atoms with van der Waals surface area (Å²) in [5.74, 6) is -0.140. The van der Waals surface area contributed by atoms with Crippen LogP contribution < -0.4 is 5.43 Å². The van der Waals surface area contributed by atoms with E-state index in [-0.39, 0.29) is 11.3 Å². The number of benzene rings is 2. The van der Waals surface area contributed by atoms with E-state index in [1.807, 2.05) is 0 Å². The number of aryl methyl sites for hydroxylation is 1. The fourth-order valence-corrected chi connectivity index (χ4v) is 2.36. The minimum absolute atomic E-state index is 0.00526. The highest BCUT2D eigenvalue weighted by atomic mass is 19.1. The molecular weight excluding hydrogens is 353 g/mol. The van der Waals surface area contributed by atoms with Crippen LogP contribution in [-0.2, 0) is 0 Å². The number of carbonyl (C=O) groups excluding carboxylic acids is 1. The van der Waals surface area contributed by atoms with Crippen LogP contribution in [-0.4, -0.2) is 17.0 Å². The van der Waals surface area contributed by atoms with Gasteiger partial charge in [0.2, 0.25) is 0 Å². The maximum Gasteiger partial charge on any atom is 0.273 e. The average Bonchev–Trinajstić information content (AvgIpc) is 3.11. The first-order chi connectivity index (χ1) is 12.9. The predicted molar refractivity (Wildman–Crippen MR) is 97.0 cm³/mol. The molecule has 3 rings (SSSR count). The summed E-state index contributed by atoms with van der Waals surface area (Å²) in [4.78, 5) is 22.5. The van der Waals surface area contributed by atoms with Gasteiger partial charge in [-0.2, -0.15) is 5.10 Å². The highest BCUT2D eigenvalue weighted by Crippen LogP contribution is 2.27. The lowest BCUT2D eigenvalue weighted by Crippen LogP contribution is -2.17. The van der Waals surface area contributed by atoms with Gasteiger partial charge in [0, 0.05) is 22.8 Å². The van der Waals surface area contributed by atoms with Crippen LogP contribution in [0.4, 0.5) is 10.1 Å². The van der Waals surface area contributed by atoms with Crippen LogP contribution in [0.2, 0.25) is 0 Å². The smallest absolute Gasteiger partial charge is 0.273 e. The van der Waals surface area contributed by atoms with Crippen LogP contribution in [0.5, 0.6) is 0 Å². The molecule has 0 saturated carbocycles. The molecule has 1 aromatic heterocycles. The number of nitrogens with zero attached hydrogens (tertiary/aromatic N) is 2. The number of furan rings is 1. The Balaban J connectivity index is 1.70. The molecule has 0 fully saturated rings. The fourth-order valence-electron chi connectivity index (χ4n) is 2.36. The van der Waals surface area contributed by atoms with E-state index in [0.29, 0.717) is 22.6 Å². The van der Waals surface area contributed by atoms with Crippen LogP contribution in [0, 0.1) is 22.9 Å². The number of nitro benzene ring substituents is 1. The van der Waals surface area contributed by atoms with E-state index in [9.17, 15) is 19.3 Å². The van der Waals surface area contributed by atoms with E-state index in [1.165, 1.54) is 36.5 Å². The summed E-state index contributed by atoms with van der Waals surface area (Å²) in [7, 11) is 0. The molecule has 0 unspecified atom stereocenters. The zero-order valence-corrected chi connectivity index (χ0v) is 14.2. The number of hydrazone groups is 1. The second-order valence-electron chi connectivity index (χ2n) is 5.67. The first-order valence-electron chi connectivity index (χ1n) is 7.88. The van der Waals surface area contributed by atoms with Gasteiger partial charge in [-0.3, -0.25) is 14.9 Å². The van der Waals surface area contributed by atoms with Crippen molar-refractivity contribution in [2.45, 2.75) is 6.92 Å². The number of carbonyl (C=O) groups is 1. The lowest BCUT2D eigenvalue weighted by Gasteiger charge is -2.00. The van der Waals surface area contributed by atoms with Crippen LogP contribution in [0.25, 0.3) is 11.3 Å². The molecule has 8 heteroatoms. The number of nitro groups is 1. The Morgan fingerprint density at radius 2 is 1.93 bits per heavy atom. The molecule has 0 bridgehead atoms. The normalized spacial score (nSPS) is 10.9. The van der Waals surface area contributed by atoms with Gasteiger partial charge >= 0.3 is 0 Å². The standard InChI is InChI=1S/C19H14FN3O4/c1-12-2-3-14(10-17(12)23(25)26)18-9-8-16(27-18)11-21-22-19(24)13-4-6-15(20)7-5-13/h2-11H,1H3,(H,22,24)/b21-11-. The zero-order chi connectivity index (χ0) is 19.4. The van der Waals surface area contributed by atoms with E-state index < -0.39 is 16.6 Å². The predicted octanol–water partition coefficient (Wildman–Crippen LogP) is 4.07. The van der Waals surface area contributed by atoms with Crippen LogP contribution in [0.1, 0.15) is 21.7 Å². The molecule has 0 aliphatic rings. The third kappa shape index (κ3) is 4.24. The summed E-state index contributed by atoms with van der Waals surface area (Å²) in [5, 5.41) is 14.8. The van der Waals surface area contributed by atoms with E-state index in [0.717, 1.165) is 0 Å². The van der Waals surface area contributed by atoms with Crippen LogP contribution in [0.15, 0.2) is 64.1 Å². The summed E-state index contributed by atoms with van der Waals surface area (Å²) in [5.41, 5.74) is 3.69. The zero-order valence-electron chi connectivity index (χ0n) is 14.2. The minimum atomic E-state index is -0.493. The van der Waals surface area contributed by atoms with Crippen molar-refractivity contribution in [3.63, 3.8) is 0 Å². The molecule has 1 N–H and O–H groups in total. The van der Waals surface area contributed by atoms with E-state index in [4.69, 9.17) is 4.42 Å². The quantitative estimate of drug-likeness (QED) is 0.417. The van der Waals surface area contributed by atoms with Crippen molar-refractivity contribution < 1.29 is 18.5 Å². The largest absolute Gasteiger partial charge is 0.455 e. The second-order valence-corrected chi connectivity index (χ2v) is 5.67. The first-order valence-corrected chi connectivity index (χ1v) is 7.88. The van der Waals surface area contributed by atoms with Gasteiger partial charge in [0.05, 0.1) is 11.1 Å². The third-order valence-corrected chi connectivity index (χ3v) is 3.78. The first kappa shape index (κ1) is 18.0. The Morgan fingerprint density at radius 3 is 2.63 bits per heavy atom. The minimum Gasteiger partial charge on any atom is -0.455 e. The Labute approximate surface area is 153 Å². The number of rotatable bonds is 5. The molecule has 0 aliphatic heterocycles. The van der Waals surface area contributed by atoms with Gasteiger partial charge in [0.15, 0.2) is 0 Å². The van der Waals surface area contributed by atoms with E-state index >= 15 is 0 Å². The maximum atomic E-state index is 12.8. The lowest BCUT2D eigenvalue weighted by molar-refractivity contribution is -0.385. The van der Waals surface area contributed by atoms with Gasteiger partial charge in [-0.1, -0.05) is 12.1 Å². The third-order valence-electron chi connectivity index (χ3n) is 3.78. The lowest BCUT2D eigenvalue weighted by atomic mass is 10.1. The molecule has 1 heterocycles. The van der Waals surface area contributed by atoms with Crippen molar-refractivity contribution in [1.82, 2.24) is 5.43 Å². The SMILES string of the molecule is Cc1ccc(-c2ccc(/C=N\NC(=O)c3ccc(F)cc3)o2)cc1[N+](=O)[O-]. The van der Waals surface area contributed by atoms with Gasteiger partial charge in [-0.05, 0) is 43.3 Å². The maximum absolute atomic E-state index is 12.8. The van der Waals surface area contributed by atoms with Gasteiger partial charge in [-0.25, -0.2) is 9.82 Å². The number of nitrogens with one attached hydrogen (secondary N) is 1. The monoisotopic (exact) mass is 367 g/mol. The molecule has 0 saturated heterocycles. The van der Waals surface area contributed by atoms with Crippen molar-refractivity contribution in [3.05, 3.63) is 87.4 Å². The molecule has 27 heavy (non-hydrogen) atoms. The fraction of sp³-hybridized carbons (Fsp3) is 0.0526. The molecular formula is C19H14FN3O4. The Bertz CT molecular complexity index is 1030. The molecule has 136 valence electrons. The summed E-state index contributed by atoms with van der Waals surface area (Å²) in [6.45, 7) is 1.66. The van der Waals surface area contributed by atoms with Gasteiger partial charge < -0.3 is 4.42 Å². The van der Waals surface area contributed by atoms with Crippen molar-refractivity contribution in [2.24, 2.45) is 5.10 Å². The second kappa shape index (κ2) is 7.61. The molecule has 0 spiro atoms. The summed E-state index contributed by atoms with van der Waals surface area (Å²) < 4.78 is 18.4. The molecule has 0 radical (unpaired) electrons. The van der Waals surface area contributed by atoms with Crippen molar-refractivity contribution in [1.29, 1.82) is 0 Å². The molecule has 7 nitrogen and oxygen atoms in total. The van der Waals surface area contributed by atoms with Gasteiger partial charge in [0.25, 0.3) is 11.6 Å². The topological polar surface area (TPSA) is 97.7 Å². The highest BCUT2D eigenvalue weighted by molar-refractivity contribution is 5.94. The van der Waals surface area contributed by atoms with Crippen molar-refractivity contribution in [3.8, 4) is 11.3 Å². The molecule has 2 aromatic carbocycles. The Morgan fingerprint density at radius 1 is 1.19 bits per heavy atom. The molecule has 0 atom stereocenters. The van der Waals surface area contributed by atoms with E-state index in [1.54, 1.807) is 31.2 Å². The van der Waals surface area contributed by atoms with Gasteiger partial charge in [-0.15, -0.1) is 0 Å². The molecule has 1 amide bonds. The van der Waals surface area contributed by atoms with E-state index in [2.05, 4.69) is 10.5 Å². The van der Waals surface area contributed by atoms with Gasteiger partial charge in [0.1, 0.15) is 17.3 Å². The van der Waals surface area contributed by atoms with Crippen LogP contribution in [0.3, 0.4) is 0 Å². The van der Waals surface area contributed by atoms with Crippen molar-refractivity contribution >= 4 is 17.8 Å². The summed E-state index contributed by atoms with van der Waals surface area (Å²) in [6, 6.07) is 13.1. The number of amides is 1. The number of hydrogen-bond acceptors (Lipinski definition) is 5. The summed E-state index contributed by atoms with van der Waals surface area (Å²) in [6.07, 6.45) is 1.30. The summed E-state index contributed by atoms with van der Waals surface area (Å²) >= 11 is 0. The Kier molecular flexibility index (Phi) is 5.07. The number of halogens is 1. The molecule has 3 aromatic rings. The van der Waals surface area contributed by atoms with Crippen LogP contribution >= 0.6 is 0 Å². The number of hydrogen-bond donors (Lipinski definition) is 1. The molecule has 0 aliphatic carbocycles. The highest BCUT2D eigenvalue weighted by Gasteiger charge is 2.13. The Hall–Kier alpha value is -3.81. The van der Waals surface area contributed by atoms with Crippen molar-refractivity contribution in [2.75, 3.05) is 0 Å². The average molecular weight is 367 g/mol.